The normalized spacial score (nSPS) is 40.8. The predicted molar refractivity (Wildman–Crippen MR) is 49.0 cm³/mol. The Balaban J connectivity index is 2.75. The van der Waals surface area contributed by atoms with Crippen LogP contribution in [0, 0.1) is 0 Å². The smallest absolute Gasteiger partial charge is 0.0895 e. The number of ether oxygens (including phenoxy) is 1. The summed E-state index contributed by atoms with van der Waals surface area (Å²) >= 11 is 0. The van der Waals surface area contributed by atoms with E-state index in [1.165, 1.54) is 0 Å². The van der Waals surface area contributed by atoms with E-state index in [0.717, 1.165) is 12.8 Å². The molecule has 12 heavy (non-hydrogen) atoms. The van der Waals surface area contributed by atoms with Crippen LogP contribution in [-0.4, -0.2) is 22.4 Å². The predicted octanol–water partition coefficient (Wildman–Crippen LogP) is 1.88. The van der Waals surface area contributed by atoms with Crippen LogP contribution in [0.5, 0.6) is 0 Å². The quantitative estimate of drug-likeness (QED) is 0.609. The van der Waals surface area contributed by atoms with Crippen LogP contribution in [0.3, 0.4) is 0 Å². The van der Waals surface area contributed by atoms with Crippen molar-refractivity contribution in [1.29, 1.82) is 0 Å². The van der Waals surface area contributed by atoms with E-state index in [1.807, 2.05) is 26.8 Å². The van der Waals surface area contributed by atoms with Gasteiger partial charge in [0.1, 0.15) is 0 Å². The monoisotopic (exact) mass is 170 g/mol. The lowest BCUT2D eigenvalue weighted by molar-refractivity contribution is -0.195. The standard InChI is InChI=1S/C10H18O2/c1-5-10(4)7-6-8(11)9(2,3)12-10/h5,8,11H,1,6-7H2,2-4H3/t8-,10+/m0/s1. The van der Waals surface area contributed by atoms with Gasteiger partial charge >= 0.3 is 0 Å². The molecule has 2 heteroatoms. The van der Waals surface area contributed by atoms with Gasteiger partial charge in [-0.1, -0.05) is 6.08 Å². The highest BCUT2D eigenvalue weighted by atomic mass is 16.5. The molecule has 1 N–H and O–H groups in total. The Morgan fingerprint density at radius 3 is 2.50 bits per heavy atom. The zero-order valence-corrected chi connectivity index (χ0v) is 8.13. The molecule has 0 aromatic rings. The summed E-state index contributed by atoms with van der Waals surface area (Å²) in [5.74, 6) is 0. The van der Waals surface area contributed by atoms with E-state index in [-0.39, 0.29) is 11.7 Å². The molecule has 1 aliphatic heterocycles. The molecule has 0 aliphatic carbocycles. The van der Waals surface area contributed by atoms with E-state index in [9.17, 15) is 5.11 Å². The van der Waals surface area contributed by atoms with Gasteiger partial charge < -0.3 is 9.84 Å². The summed E-state index contributed by atoms with van der Waals surface area (Å²) in [6.45, 7) is 9.58. The third-order valence-electron chi connectivity index (χ3n) is 2.64. The maximum Gasteiger partial charge on any atom is 0.0895 e. The third-order valence-corrected chi connectivity index (χ3v) is 2.64. The van der Waals surface area contributed by atoms with Crippen LogP contribution in [0.2, 0.25) is 0 Å². The van der Waals surface area contributed by atoms with Gasteiger partial charge in [0.05, 0.1) is 17.3 Å². The summed E-state index contributed by atoms with van der Waals surface area (Å²) in [4.78, 5) is 0. The molecule has 0 amide bonds. The Labute approximate surface area is 74.2 Å². The second-order valence-corrected chi connectivity index (χ2v) is 4.28. The Morgan fingerprint density at radius 1 is 1.50 bits per heavy atom. The van der Waals surface area contributed by atoms with Crippen LogP contribution in [0.25, 0.3) is 0 Å². The molecule has 2 nitrogen and oxygen atoms in total. The second-order valence-electron chi connectivity index (χ2n) is 4.28. The summed E-state index contributed by atoms with van der Waals surface area (Å²) in [5.41, 5.74) is -0.704. The van der Waals surface area contributed by atoms with Crippen molar-refractivity contribution in [3.8, 4) is 0 Å². The molecule has 1 aliphatic rings. The number of aliphatic hydroxyl groups is 1. The molecule has 0 radical (unpaired) electrons. The summed E-state index contributed by atoms with van der Waals surface area (Å²) in [6.07, 6.45) is 3.10. The first kappa shape index (κ1) is 9.75. The zero-order chi connectivity index (χ0) is 9.41. The first-order chi connectivity index (χ1) is 5.40. The van der Waals surface area contributed by atoms with Crippen molar-refractivity contribution in [3.05, 3.63) is 12.7 Å². The van der Waals surface area contributed by atoms with Crippen molar-refractivity contribution >= 4 is 0 Å². The minimum atomic E-state index is -0.443. The van der Waals surface area contributed by atoms with E-state index in [1.54, 1.807) is 0 Å². The maximum absolute atomic E-state index is 9.61. The Morgan fingerprint density at radius 2 is 2.08 bits per heavy atom. The molecule has 70 valence electrons. The van der Waals surface area contributed by atoms with Crippen molar-refractivity contribution in [3.63, 3.8) is 0 Å². The topological polar surface area (TPSA) is 29.5 Å². The van der Waals surface area contributed by atoms with Gasteiger partial charge in [-0.25, -0.2) is 0 Å². The molecule has 1 heterocycles. The molecular formula is C10H18O2. The van der Waals surface area contributed by atoms with Crippen molar-refractivity contribution in [2.45, 2.75) is 50.9 Å². The van der Waals surface area contributed by atoms with Crippen LogP contribution in [0.15, 0.2) is 12.7 Å². The molecule has 0 unspecified atom stereocenters. The van der Waals surface area contributed by atoms with Crippen LogP contribution < -0.4 is 0 Å². The van der Waals surface area contributed by atoms with Crippen LogP contribution in [0.1, 0.15) is 33.6 Å². The van der Waals surface area contributed by atoms with Gasteiger partial charge in [-0.2, -0.15) is 0 Å². The van der Waals surface area contributed by atoms with Crippen molar-refractivity contribution < 1.29 is 9.84 Å². The maximum atomic E-state index is 9.61. The average Bonchev–Trinajstić information content (AvgIpc) is 1.97. The fourth-order valence-corrected chi connectivity index (χ4v) is 1.63. The van der Waals surface area contributed by atoms with E-state index < -0.39 is 5.60 Å². The first-order valence-corrected chi connectivity index (χ1v) is 4.41. The minimum Gasteiger partial charge on any atom is -0.390 e. The Hall–Kier alpha value is -0.340. The molecule has 0 saturated carbocycles. The number of rotatable bonds is 1. The van der Waals surface area contributed by atoms with Crippen molar-refractivity contribution in [2.75, 3.05) is 0 Å². The van der Waals surface area contributed by atoms with E-state index >= 15 is 0 Å². The van der Waals surface area contributed by atoms with Crippen LogP contribution >= 0.6 is 0 Å². The molecule has 1 rings (SSSR count). The molecule has 0 bridgehead atoms. The van der Waals surface area contributed by atoms with Gasteiger partial charge in [0.15, 0.2) is 0 Å². The molecule has 2 atom stereocenters. The lowest BCUT2D eigenvalue weighted by Gasteiger charge is -2.44. The summed E-state index contributed by atoms with van der Waals surface area (Å²) in [5, 5.41) is 9.61. The molecule has 0 aromatic carbocycles. The lowest BCUT2D eigenvalue weighted by atomic mass is 9.86. The fourth-order valence-electron chi connectivity index (χ4n) is 1.63. The largest absolute Gasteiger partial charge is 0.390 e. The van der Waals surface area contributed by atoms with Crippen LogP contribution in [-0.2, 0) is 4.74 Å². The molecular weight excluding hydrogens is 152 g/mol. The van der Waals surface area contributed by atoms with Gasteiger partial charge in [0, 0.05) is 0 Å². The fraction of sp³-hybridized carbons (Fsp3) is 0.800. The zero-order valence-electron chi connectivity index (χ0n) is 8.13. The number of hydrogen-bond donors (Lipinski definition) is 1. The molecule has 0 spiro atoms. The lowest BCUT2D eigenvalue weighted by Crippen LogP contribution is -2.51. The van der Waals surface area contributed by atoms with Gasteiger partial charge in [0.2, 0.25) is 0 Å². The van der Waals surface area contributed by atoms with E-state index in [0.29, 0.717) is 0 Å². The van der Waals surface area contributed by atoms with Gasteiger partial charge in [-0.05, 0) is 33.6 Å². The first-order valence-electron chi connectivity index (χ1n) is 4.41. The highest BCUT2D eigenvalue weighted by Gasteiger charge is 2.41. The summed E-state index contributed by atoms with van der Waals surface area (Å²) in [6, 6.07) is 0. The van der Waals surface area contributed by atoms with Gasteiger partial charge in [-0.3, -0.25) is 0 Å². The molecule has 1 fully saturated rings. The molecule has 1 saturated heterocycles. The highest BCUT2D eigenvalue weighted by Crippen LogP contribution is 2.35. The summed E-state index contributed by atoms with van der Waals surface area (Å²) in [7, 11) is 0. The van der Waals surface area contributed by atoms with E-state index in [2.05, 4.69) is 6.58 Å². The third kappa shape index (κ3) is 1.70. The average molecular weight is 170 g/mol. The number of hydrogen-bond acceptors (Lipinski definition) is 2. The number of aliphatic hydroxyl groups excluding tert-OH is 1. The van der Waals surface area contributed by atoms with Gasteiger partial charge in [-0.15, -0.1) is 6.58 Å². The molecule has 0 aromatic heterocycles. The Bertz CT molecular complexity index is 186. The summed E-state index contributed by atoms with van der Waals surface area (Å²) < 4.78 is 5.75. The van der Waals surface area contributed by atoms with Crippen LogP contribution in [0.4, 0.5) is 0 Å². The highest BCUT2D eigenvalue weighted by molar-refractivity contribution is 5.01. The SMILES string of the molecule is C=C[C@]1(C)CC[C@H](O)C(C)(C)O1. The van der Waals surface area contributed by atoms with Gasteiger partial charge in [0.25, 0.3) is 0 Å². The van der Waals surface area contributed by atoms with E-state index in [4.69, 9.17) is 4.74 Å². The second kappa shape index (κ2) is 2.86. The Kier molecular flexibility index (Phi) is 2.32. The minimum absolute atomic E-state index is 0.261. The van der Waals surface area contributed by atoms with Crippen molar-refractivity contribution in [1.82, 2.24) is 0 Å². The van der Waals surface area contributed by atoms with Crippen molar-refractivity contribution in [2.24, 2.45) is 0 Å².